The van der Waals surface area contributed by atoms with E-state index in [0.29, 0.717) is 6.42 Å². The maximum atomic E-state index is 13.7. The Balaban J connectivity index is 1.27. The van der Waals surface area contributed by atoms with Crippen molar-refractivity contribution in [3.63, 3.8) is 0 Å². The molecule has 1 aliphatic carbocycles. The molecule has 0 radical (unpaired) electrons. The molecule has 3 aromatic rings. The summed E-state index contributed by atoms with van der Waals surface area (Å²) in [5.74, 6) is -0.833. The van der Waals surface area contributed by atoms with Crippen molar-refractivity contribution in [1.29, 1.82) is 0 Å². The summed E-state index contributed by atoms with van der Waals surface area (Å²) in [4.78, 5) is 45.3. The number of carbonyl (C=O) groups excluding carboxylic acids is 3. The Kier molecular flexibility index (Phi) is 9.70. The number of aromatic nitrogens is 1. The van der Waals surface area contributed by atoms with Crippen molar-refractivity contribution >= 4 is 29.0 Å². The van der Waals surface area contributed by atoms with Crippen molar-refractivity contribution in [2.24, 2.45) is 17.8 Å². The number of hydrogen-bond acceptors (Lipinski definition) is 12. The Morgan fingerprint density at radius 3 is 2.35 bits per heavy atom. The van der Waals surface area contributed by atoms with Crippen LogP contribution in [0.15, 0.2) is 30.3 Å². The van der Waals surface area contributed by atoms with Crippen LogP contribution >= 0.6 is 0 Å². The molecule has 6 atom stereocenters. The highest BCUT2D eigenvalue weighted by molar-refractivity contribution is 5.92. The minimum Gasteiger partial charge on any atom is -0.497 e. The number of piperidine rings is 1. The largest absolute Gasteiger partial charge is 0.514 e. The molecule has 1 saturated heterocycles. The molecule has 0 amide bonds. The van der Waals surface area contributed by atoms with E-state index in [0.717, 1.165) is 37.2 Å². The lowest BCUT2D eigenvalue weighted by atomic mass is 9.63. The SMILES string of the molecule is CCOC(=O)Oc1c(OC)cc(C(=O)O[C@H]2C[C@H]3CN4CCc5c([nH]c6cc(OC)ccc56)[C@@H]4C[C@@H]3[C@H](C(=O)OC)[C@@H]2OC)cc1OC. The number of hydrogen-bond donors (Lipinski definition) is 1. The first-order valence-electron chi connectivity index (χ1n) is 16.1. The number of esters is 2. The zero-order chi connectivity index (χ0) is 34.1. The topological polar surface area (TPSA) is 144 Å². The summed E-state index contributed by atoms with van der Waals surface area (Å²) >= 11 is 0. The number of nitrogens with zero attached hydrogens (tertiary/aromatic N) is 1. The van der Waals surface area contributed by atoms with Gasteiger partial charge in [-0.3, -0.25) is 9.69 Å². The average Bonchev–Trinajstić information content (AvgIpc) is 3.48. The monoisotopic (exact) mass is 666 g/mol. The molecule has 0 spiro atoms. The smallest absolute Gasteiger partial charge is 0.497 e. The third kappa shape index (κ3) is 6.00. The number of H-pyrrole nitrogens is 1. The summed E-state index contributed by atoms with van der Waals surface area (Å²) in [6.45, 7) is 3.37. The predicted molar refractivity (Wildman–Crippen MR) is 172 cm³/mol. The second-order valence-corrected chi connectivity index (χ2v) is 12.3. The van der Waals surface area contributed by atoms with Gasteiger partial charge in [-0.25, -0.2) is 9.59 Å². The van der Waals surface area contributed by atoms with Gasteiger partial charge in [-0.1, -0.05) is 0 Å². The normalized spacial score (nSPS) is 24.8. The van der Waals surface area contributed by atoms with Crippen LogP contribution in [0.1, 0.15) is 47.4 Å². The molecule has 13 nitrogen and oxygen atoms in total. The van der Waals surface area contributed by atoms with Crippen molar-refractivity contribution in [1.82, 2.24) is 9.88 Å². The van der Waals surface area contributed by atoms with E-state index in [-0.39, 0.29) is 47.3 Å². The summed E-state index contributed by atoms with van der Waals surface area (Å²) in [5.41, 5.74) is 3.62. The van der Waals surface area contributed by atoms with E-state index < -0.39 is 36.2 Å². The Hall–Kier alpha value is -4.49. The van der Waals surface area contributed by atoms with E-state index >= 15 is 0 Å². The van der Waals surface area contributed by atoms with Gasteiger partial charge >= 0.3 is 18.1 Å². The van der Waals surface area contributed by atoms with Gasteiger partial charge in [-0.05, 0) is 67.9 Å². The molecule has 1 saturated carbocycles. The van der Waals surface area contributed by atoms with Crippen LogP contribution in [0.3, 0.4) is 0 Å². The van der Waals surface area contributed by atoms with Gasteiger partial charge in [0.2, 0.25) is 5.75 Å². The first-order valence-corrected chi connectivity index (χ1v) is 16.1. The van der Waals surface area contributed by atoms with Gasteiger partial charge in [0.05, 0.1) is 52.6 Å². The lowest BCUT2D eigenvalue weighted by molar-refractivity contribution is -0.176. The number of ether oxygens (including phenoxy) is 8. The van der Waals surface area contributed by atoms with Gasteiger partial charge < -0.3 is 42.9 Å². The molecule has 1 aromatic heterocycles. The van der Waals surface area contributed by atoms with E-state index in [1.807, 2.05) is 12.1 Å². The van der Waals surface area contributed by atoms with Crippen molar-refractivity contribution in [3.05, 3.63) is 47.2 Å². The zero-order valence-corrected chi connectivity index (χ0v) is 28.0. The van der Waals surface area contributed by atoms with E-state index in [9.17, 15) is 14.4 Å². The molecule has 3 aliphatic rings. The first kappa shape index (κ1) is 33.4. The highest BCUT2D eigenvalue weighted by Gasteiger charge is 2.54. The lowest BCUT2D eigenvalue weighted by Gasteiger charge is -2.52. The third-order valence-corrected chi connectivity index (χ3v) is 10.0. The van der Waals surface area contributed by atoms with Crippen LogP contribution < -0.4 is 18.9 Å². The molecular weight excluding hydrogens is 624 g/mol. The molecule has 258 valence electrons. The maximum absolute atomic E-state index is 13.7. The minimum absolute atomic E-state index is 0.0356. The fraction of sp³-hybridized carbons (Fsp3) is 0.514. The van der Waals surface area contributed by atoms with Gasteiger partial charge in [0.1, 0.15) is 18.0 Å². The Bertz CT molecular complexity index is 1660. The second kappa shape index (κ2) is 13.9. The molecule has 0 bridgehead atoms. The number of aromatic amines is 1. The molecule has 6 rings (SSSR count). The van der Waals surface area contributed by atoms with Gasteiger partial charge in [0.25, 0.3) is 0 Å². The first-order chi connectivity index (χ1) is 23.2. The van der Waals surface area contributed by atoms with Crippen molar-refractivity contribution in [3.8, 4) is 23.0 Å². The summed E-state index contributed by atoms with van der Waals surface area (Å²) in [5, 5.41) is 1.19. The van der Waals surface area contributed by atoms with Gasteiger partial charge in [-0.15, -0.1) is 0 Å². The maximum Gasteiger partial charge on any atom is 0.514 e. The standard InChI is InChI=1S/C35H42N2O11/c1-7-46-35(40)48-31-26(42-3)12-18(13-27(31)43-4)33(38)47-28-14-19-17-37-11-10-22-21-9-8-20(41-2)15-24(21)36-30(22)25(37)16-23(19)29(32(28)44-5)34(39)45-6/h8-9,12-13,15,19,23,25,28-29,32,36H,7,10-11,14,16-17H2,1-6H3/t19-,23-,25-,28-,29-,32+/m0/s1. The molecular formula is C35H42N2O11. The van der Waals surface area contributed by atoms with E-state index in [1.54, 1.807) is 14.0 Å². The number of nitrogens with one attached hydrogen (secondary N) is 1. The fourth-order valence-corrected chi connectivity index (χ4v) is 7.89. The van der Waals surface area contributed by atoms with Gasteiger partial charge in [0, 0.05) is 42.9 Å². The number of fused-ring (bicyclic) bond motifs is 6. The Labute approximate surface area is 278 Å². The second-order valence-electron chi connectivity index (χ2n) is 12.3. The van der Waals surface area contributed by atoms with E-state index in [1.165, 1.54) is 57.2 Å². The Morgan fingerprint density at radius 1 is 0.958 bits per heavy atom. The quantitative estimate of drug-likeness (QED) is 0.192. The summed E-state index contributed by atoms with van der Waals surface area (Å²) in [6, 6.07) is 9.00. The number of benzene rings is 2. The highest BCUT2D eigenvalue weighted by Crippen LogP contribution is 2.51. The van der Waals surface area contributed by atoms with Crippen LogP contribution in [0.2, 0.25) is 0 Å². The zero-order valence-electron chi connectivity index (χ0n) is 28.0. The molecule has 48 heavy (non-hydrogen) atoms. The minimum atomic E-state index is -0.942. The lowest BCUT2D eigenvalue weighted by Crippen LogP contribution is -2.58. The fourth-order valence-electron chi connectivity index (χ4n) is 7.89. The molecule has 2 aliphatic heterocycles. The number of rotatable bonds is 9. The van der Waals surface area contributed by atoms with Crippen LogP contribution in [0.25, 0.3) is 10.9 Å². The molecule has 3 heterocycles. The third-order valence-electron chi connectivity index (χ3n) is 10.0. The van der Waals surface area contributed by atoms with Crippen molar-refractivity contribution in [2.75, 3.05) is 55.2 Å². The number of methoxy groups -OCH3 is 5. The van der Waals surface area contributed by atoms with Crippen molar-refractivity contribution in [2.45, 2.75) is 44.4 Å². The Morgan fingerprint density at radius 2 is 1.71 bits per heavy atom. The molecule has 13 heteroatoms. The predicted octanol–water partition coefficient (Wildman–Crippen LogP) is 4.70. The summed E-state index contributed by atoms with van der Waals surface area (Å²) < 4.78 is 43.8. The van der Waals surface area contributed by atoms with Crippen molar-refractivity contribution < 1.29 is 52.3 Å². The van der Waals surface area contributed by atoms with E-state index in [4.69, 9.17) is 37.9 Å². The molecule has 2 aromatic carbocycles. The van der Waals surface area contributed by atoms with Crippen LogP contribution in [-0.4, -0.2) is 95.4 Å². The van der Waals surface area contributed by atoms with E-state index in [2.05, 4.69) is 16.0 Å². The van der Waals surface area contributed by atoms with Crippen LogP contribution in [0, 0.1) is 17.8 Å². The van der Waals surface area contributed by atoms with Crippen LogP contribution in [0.4, 0.5) is 4.79 Å². The molecule has 2 fully saturated rings. The average molecular weight is 667 g/mol. The molecule has 0 unspecified atom stereocenters. The highest BCUT2D eigenvalue weighted by atomic mass is 16.7. The van der Waals surface area contributed by atoms with Crippen LogP contribution in [0.5, 0.6) is 23.0 Å². The summed E-state index contributed by atoms with van der Waals surface area (Å²) in [7, 11) is 7.30. The number of carbonyl (C=O) groups is 3. The summed E-state index contributed by atoms with van der Waals surface area (Å²) in [6.07, 6.45) is -0.298. The van der Waals surface area contributed by atoms with Gasteiger partial charge in [-0.2, -0.15) is 0 Å². The van der Waals surface area contributed by atoms with Crippen LogP contribution in [-0.2, 0) is 30.2 Å². The van der Waals surface area contributed by atoms with Gasteiger partial charge in [0.15, 0.2) is 11.5 Å². The molecule has 1 N–H and O–H groups in total.